The number of non-ortho nitro benzene ring substituents is 1. The van der Waals surface area contributed by atoms with Gasteiger partial charge in [-0.1, -0.05) is 11.6 Å². The highest BCUT2D eigenvalue weighted by atomic mass is 35.5. The fraction of sp³-hybridized carbons (Fsp3) is 0.0588. The number of hydrazone groups is 1. The van der Waals surface area contributed by atoms with Gasteiger partial charge in [0.2, 0.25) is 0 Å². The largest absolute Gasteiger partial charge is 0.503 e. The summed E-state index contributed by atoms with van der Waals surface area (Å²) in [5, 5.41) is 24.8. The Labute approximate surface area is 157 Å². The van der Waals surface area contributed by atoms with Crippen molar-refractivity contribution in [1.82, 2.24) is 5.43 Å². The molecule has 3 aromatic rings. The summed E-state index contributed by atoms with van der Waals surface area (Å²) in [6.07, 6.45) is 1.30. The fourth-order valence-corrected chi connectivity index (χ4v) is 2.52. The van der Waals surface area contributed by atoms with Crippen molar-refractivity contribution in [1.29, 1.82) is 0 Å². The minimum atomic E-state index is -0.637. The number of nitrogens with zero attached hydrogens (tertiary/aromatic N) is 2. The van der Waals surface area contributed by atoms with Gasteiger partial charge in [0.1, 0.15) is 5.58 Å². The summed E-state index contributed by atoms with van der Waals surface area (Å²) in [5.41, 5.74) is 2.99. The zero-order chi connectivity index (χ0) is 19.6. The summed E-state index contributed by atoms with van der Waals surface area (Å²) in [6, 6.07) is 8.32. The van der Waals surface area contributed by atoms with E-state index in [1.807, 2.05) is 0 Å². The molecule has 0 unspecified atom stereocenters. The number of fused-ring (bicyclic) bond motifs is 1. The monoisotopic (exact) mass is 389 g/mol. The van der Waals surface area contributed by atoms with Crippen molar-refractivity contribution in [3.63, 3.8) is 0 Å². The number of furan rings is 1. The first-order valence-corrected chi connectivity index (χ1v) is 7.84. The molecule has 2 aromatic carbocycles. The Morgan fingerprint density at radius 1 is 1.37 bits per heavy atom. The second-order valence-corrected chi connectivity index (χ2v) is 5.75. The van der Waals surface area contributed by atoms with Gasteiger partial charge < -0.3 is 14.3 Å². The molecule has 1 amide bonds. The lowest BCUT2D eigenvalue weighted by Crippen LogP contribution is -2.16. The van der Waals surface area contributed by atoms with Crippen LogP contribution in [-0.2, 0) is 0 Å². The smallest absolute Gasteiger partial charge is 0.307 e. The number of phenols is 1. The molecule has 0 saturated carbocycles. The topological polar surface area (TPSA) is 127 Å². The number of hydrogen-bond acceptors (Lipinski definition) is 7. The summed E-state index contributed by atoms with van der Waals surface area (Å²) < 4.78 is 10.3. The van der Waals surface area contributed by atoms with E-state index in [4.69, 9.17) is 20.8 Å². The molecule has 27 heavy (non-hydrogen) atoms. The number of carbonyl (C=O) groups is 1. The maximum atomic E-state index is 12.1. The summed E-state index contributed by atoms with van der Waals surface area (Å²) in [6.45, 7) is 0. The van der Waals surface area contributed by atoms with Crippen LogP contribution in [0.3, 0.4) is 0 Å². The molecular weight excluding hydrogens is 378 g/mol. The molecule has 9 nitrogen and oxygen atoms in total. The maximum absolute atomic E-state index is 12.1. The second kappa shape index (κ2) is 7.34. The lowest BCUT2D eigenvalue weighted by molar-refractivity contribution is -0.384. The molecule has 0 bridgehead atoms. The van der Waals surface area contributed by atoms with Crippen molar-refractivity contribution in [2.75, 3.05) is 7.11 Å². The van der Waals surface area contributed by atoms with Crippen molar-refractivity contribution in [2.24, 2.45) is 5.10 Å². The van der Waals surface area contributed by atoms with Gasteiger partial charge in [0.05, 0.1) is 23.3 Å². The van der Waals surface area contributed by atoms with E-state index >= 15 is 0 Å². The molecule has 0 aliphatic heterocycles. The Morgan fingerprint density at radius 3 is 2.85 bits per heavy atom. The molecule has 0 spiro atoms. The normalized spacial score (nSPS) is 11.0. The van der Waals surface area contributed by atoms with Gasteiger partial charge in [-0.2, -0.15) is 5.10 Å². The van der Waals surface area contributed by atoms with Crippen molar-refractivity contribution in [3.8, 4) is 11.5 Å². The standard InChI is InChI=1S/C17H12ClN3O6/c1-26-14-5-9(4-12(18)16(14)22)8-19-20-17(23)15-7-10-6-11(21(24)25)2-3-13(10)27-15/h2-8,22H,1H3,(H,20,23)/b19-8-. The molecule has 0 saturated heterocycles. The third-order valence-corrected chi connectivity index (χ3v) is 3.87. The molecule has 0 aliphatic carbocycles. The van der Waals surface area contributed by atoms with Crippen LogP contribution in [0.15, 0.2) is 45.9 Å². The molecular formula is C17H12ClN3O6. The number of carbonyl (C=O) groups excluding carboxylic acids is 1. The summed E-state index contributed by atoms with van der Waals surface area (Å²) in [4.78, 5) is 22.4. The minimum absolute atomic E-state index is 0.0519. The van der Waals surface area contributed by atoms with Gasteiger partial charge >= 0.3 is 5.91 Å². The van der Waals surface area contributed by atoms with Gasteiger partial charge in [-0.05, 0) is 29.8 Å². The Bertz CT molecular complexity index is 1080. The molecule has 1 heterocycles. The SMILES string of the molecule is COc1cc(/C=N\NC(=O)c2cc3cc([N+](=O)[O-])ccc3o2)cc(Cl)c1O. The number of ether oxygens (including phenoxy) is 1. The average Bonchev–Trinajstić information content (AvgIpc) is 3.07. The zero-order valence-electron chi connectivity index (χ0n) is 13.8. The molecule has 3 rings (SSSR count). The van der Waals surface area contributed by atoms with E-state index in [-0.39, 0.29) is 28.0 Å². The highest BCUT2D eigenvalue weighted by molar-refractivity contribution is 6.32. The summed E-state index contributed by atoms with van der Waals surface area (Å²) >= 11 is 5.87. The zero-order valence-corrected chi connectivity index (χ0v) is 14.6. The van der Waals surface area contributed by atoms with E-state index < -0.39 is 10.8 Å². The number of benzene rings is 2. The van der Waals surface area contributed by atoms with E-state index in [1.54, 1.807) is 0 Å². The number of nitro groups is 1. The van der Waals surface area contributed by atoms with Crippen LogP contribution < -0.4 is 10.2 Å². The van der Waals surface area contributed by atoms with E-state index in [0.29, 0.717) is 16.5 Å². The van der Waals surface area contributed by atoms with Gasteiger partial charge in [0.25, 0.3) is 5.69 Å². The van der Waals surface area contributed by atoms with Gasteiger partial charge in [0.15, 0.2) is 17.3 Å². The Balaban J connectivity index is 1.76. The Morgan fingerprint density at radius 2 is 2.15 bits per heavy atom. The van der Waals surface area contributed by atoms with Crippen molar-refractivity contribution >= 4 is 40.4 Å². The lowest BCUT2D eigenvalue weighted by Gasteiger charge is -2.05. The van der Waals surface area contributed by atoms with Crippen LogP contribution in [0, 0.1) is 10.1 Å². The first-order chi connectivity index (χ1) is 12.9. The molecule has 0 fully saturated rings. The number of aromatic hydroxyl groups is 1. The third kappa shape index (κ3) is 3.82. The van der Waals surface area contributed by atoms with Crippen molar-refractivity contribution < 1.29 is 24.0 Å². The van der Waals surface area contributed by atoms with E-state index in [9.17, 15) is 20.0 Å². The van der Waals surface area contributed by atoms with Gasteiger partial charge in [-0.3, -0.25) is 14.9 Å². The number of phenolic OH excluding ortho intramolecular Hbond substituents is 1. The predicted octanol–water partition coefficient (Wildman–Crippen LogP) is 3.47. The van der Waals surface area contributed by atoms with Gasteiger partial charge in [0, 0.05) is 17.5 Å². The van der Waals surface area contributed by atoms with E-state index in [1.165, 1.54) is 49.7 Å². The third-order valence-electron chi connectivity index (χ3n) is 3.58. The molecule has 0 radical (unpaired) electrons. The van der Waals surface area contributed by atoms with Gasteiger partial charge in [-0.15, -0.1) is 0 Å². The van der Waals surface area contributed by atoms with Crippen molar-refractivity contribution in [3.05, 3.63) is 62.9 Å². The lowest BCUT2D eigenvalue weighted by atomic mass is 10.2. The Kier molecular flexibility index (Phi) is 4.95. The predicted molar refractivity (Wildman–Crippen MR) is 97.6 cm³/mol. The maximum Gasteiger partial charge on any atom is 0.307 e. The Hall–Kier alpha value is -3.59. The molecule has 10 heteroatoms. The van der Waals surface area contributed by atoms with E-state index in [2.05, 4.69) is 10.5 Å². The van der Waals surface area contributed by atoms with E-state index in [0.717, 1.165) is 0 Å². The first-order valence-electron chi connectivity index (χ1n) is 7.47. The quantitative estimate of drug-likeness (QED) is 0.390. The van der Waals surface area contributed by atoms with Crippen LogP contribution in [0.25, 0.3) is 11.0 Å². The number of rotatable bonds is 5. The average molecular weight is 390 g/mol. The first kappa shape index (κ1) is 18.2. The molecule has 138 valence electrons. The number of hydrogen-bond donors (Lipinski definition) is 2. The highest BCUT2D eigenvalue weighted by Crippen LogP contribution is 2.34. The van der Waals surface area contributed by atoms with Crippen LogP contribution in [0.1, 0.15) is 16.1 Å². The number of nitrogens with one attached hydrogen (secondary N) is 1. The van der Waals surface area contributed by atoms with Crippen LogP contribution in [0.4, 0.5) is 5.69 Å². The fourth-order valence-electron chi connectivity index (χ4n) is 2.30. The summed E-state index contributed by atoms with van der Waals surface area (Å²) in [5.74, 6) is -0.725. The molecule has 0 atom stereocenters. The number of nitro benzene ring substituents is 1. The number of amides is 1. The summed E-state index contributed by atoms with van der Waals surface area (Å²) in [7, 11) is 1.37. The van der Waals surface area contributed by atoms with Crippen LogP contribution in [0.2, 0.25) is 5.02 Å². The van der Waals surface area contributed by atoms with Gasteiger partial charge in [-0.25, -0.2) is 5.43 Å². The van der Waals surface area contributed by atoms with Crippen LogP contribution >= 0.6 is 11.6 Å². The molecule has 0 aliphatic rings. The molecule has 2 N–H and O–H groups in total. The minimum Gasteiger partial charge on any atom is -0.503 e. The second-order valence-electron chi connectivity index (χ2n) is 5.34. The highest BCUT2D eigenvalue weighted by Gasteiger charge is 2.14. The molecule has 1 aromatic heterocycles. The van der Waals surface area contributed by atoms with Crippen LogP contribution in [-0.4, -0.2) is 29.3 Å². The van der Waals surface area contributed by atoms with Crippen LogP contribution in [0.5, 0.6) is 11.5 Å². The van der Waals surface area contributed by atoms with Crippen molar-refractivity contribution in [2.45, 2.75) is 0 Å². The number of halogens is 1. The number of methoxy groups -OCH3 is 1.